The van der Waals surface area contributed by atoms with Gasteiger partial charge in [0.25, 0.3) is 0 Å². The van der Waals surface area contributed by atoms with E-state index in [4.69, 9.17) is 17.3 Å². The lowest BCUT2D eigenvalue weighted by Gasteiger charge is -2.20. The molecule has 0 saturated carbocycles. The Balaban J connectivity index is 1.86. The summed E-state index contributed by atoms with van der Waals surface area (Å²) in [6.45, 7) is 1.63. The van der Waals surface area contributed by atoms with Gasteiger partial charge in [0, 0.05) is 29.5 Å². The minimum atomic E-state index is -0.302. The number of hydrogen-bond acceptors (Lipinski definition) is 2. The number of nitrogen functional groups attached to an aromatic ring is 1. The summed E-state index contributed by atoms with van der Waals surface area (Å²) in [6.07, 6.45) is 0.985. The van der Waals surface area contributed by atoms with Gasteiger partial charge in [-0.05, 0) is 47.9 Å². The number of hydrogen-bond donors (Lipinski definition) is 1. The molecule has 2 nitrogen and oxygen atoms in total. The molecule has 1 aliphatic heterocycles. The summed E-state index contributed by atoms with van der Waals surface area (Å²) in [5.74, 6) is -0.302. The third-order valence-corrected chi connectivity index (χ3v) is 3.82. The molecule has 98 valence electrons. The number of nitrogens with zero attached hydrogens (tertiary/aromatic N) is 1. The van der Waals surface area contributed by atoms with Crippen molar-refractivity contribution < 1.29 is 4.39 Å². The first-order chi connectivity index (χ1) is 9.13. The molecule has 2 aromatic carbocycles. The van der Waals surface area contributed by atoms with Crippen molar-refractivity contribution in [3.05, 3.63) is 58.4 Å². The van der Waals surface area contributed by atoms with Crippen LogP contribution >= 0.6 is 11.6 Å². The van der Waals surface area contributed by atoms with Crippen LogP contribution in [0.3, 0.4) is 0 Å². The fourth-order valence-corrected chi connectivity index (χ4v) is 2.74. The average molecular weight is 277 g/mol. The first kappa shape index (κ1) is 12.3. The van der Waals surface area contributed by atoms with Crippen LogP contribution in [-0.4, -0.2) is 6.54 Å². The normalized spacial score (nSPS) is 13.7. The summed E-state index contributed by atoms with van der Waals surface area (Å²) in [4.78, 5) is 2.24. The van der Waals surface area contributed by atoms with Crippen LogP contribution in [0.1, 0.15) is 11.1 Å². The van der Waals surface area contributed by atoms with Crippen LogP contribution in [0.15, 0.2) is 36.4 Å². The first-order valence-corrected chi connectivity index (χ1v) is 6.58. The number of benzene rings is 2. The summed E-state index contributed by atoms with van der Waals surface area (Å²) < 4.78 is 13.0. The predicted octanol–water partition coefficient (Wildman–Crippen LogP) is 3.62. The van der Waals surface area contributed by atoms with E-state index in [-0.39, 0.29) is 5.82 Å². The van der Waals surface area contributed by atoms with Crippen molar-refractivity contribution in [2.75, 3.05) is 17.2 Å². The first-order valence-electron chi connectivity index (χ1n) is 6.21. The number of fused-ring (bicyclic) bond motifs is 1. The van der Waals surface area contributed by atoms with Gasteiger partial charge in [0.15, 0.2) is 0 Å². The molecular formula is C15H14ClFN2. The maximum Gasteiger partial charge on any atom is 0.124 e. The Hall–Kier alpha value is -1.74. The highest BCUT2D eigenvalue weighted by atomic mass is 35.5. The average Bonchev–Trinajstić information content (AvgIpc) is 2.75. The fourth-order valence-electron chi connectivity index (χ4n) is 2.51. The van der Waals surface area contributed by atoms with Gasteiger partial charge >= 0.3 is 0 Å². The van der Waals surface area contributed by atoms with Gasteiger partial charge in [-0.15, -0.1) is 0 Å². The van der Waals surface area contributed by atoms with Crippen molar-refractivity contribution in [2.45, 2.75) is 13.0 Å². The van der Waals surface area contributed by atoms with Crippen molar-refractivity contribution in [2.24, 2.45) is 0 Å². The van der Waals surface area contributed by atoms with Gasteiger partial charge in [-0.25, -0.2) is 4.39 Å². The van der Waals surface area contributed by atoms with E-state index in [0.29, 0.717) is 11.6 Å². The summed E-state index contributed by atoms with van der Waals surface area (Å²) >= 11 is 6.07. The van der Waals surface area contributed by atoms with Gasteiger partial charge in [-0.1, -0.05) is 17.7 Å². The van der Waals surface area contributed by atoms with E-state index < -0.39 is 0 Å². The van der Waals surface area contributed by atoms with E-state index in [1.54, 1.807) is 6.07 Å². The monoisotopic (exact) mass is 276 g/mol. The molecular weight excluding hydrogens is 263 g/mol. The fraction of sp³-hybridized carbons (Fsp3) is 0.200. The van der Waals surface area contributed by atoms with E-state index in [1.165, 1.54) is 23.4 Å². The molecule has 2 aromatic rings. The van der Waals surface area contributed by atoms with Crippen molar-refractivity contribution in [1.29, 1.82) is 0 Å². The van der Waals surface area contributed by atoms with Gasteiger partial charge in [0.2, 0.25) is 0 Å². The lowest BCUT2D eigenvalue weighted by Crippen LogP contribution is -2.19. The van der Waals surface area contributed by atoms with Crippen LogP contribution in [0, 0.1) is 5.82 Å². The Labute approximate surface area is 116 Å². The van der Waals surface area contributed by atoms with E-state index in [1.807, 2.05) is 18.2 Å². The van der Waals surface area contributed by atoms with E-state index in [9.17, 15) is 4.39 Å². The predicted molar refractivity (Wildman–Crippen MR) is 77.0 cm³/mol. The molecule has 0 saturated heterocycles. The molecule has 19 heavy (non-hydrogen) atoms. The van der Waals surface area contributed by atoms with Gasteiger partial charge < -0.3 is 10.6 Å². The Bertz CT molecular complexity index is 628. The zero-order valence-corrected chi connectivity index (χ0v) is 11.1. The Morgan fingerprint density at radius 2 is 2.05 bits per heavy atom. The van der Waals surface area contributed by atoms with E-state index >= 15 is 0 Å². The molecule has 0 radical (unpaired) electrons. The van der Waals surface area contributed by atoms with E-state index in [0.717, 1.165) is 24.2 Å². The SMILES string of the molecule is Nc1ccc2c(c1)CCN2Cc1ccc(F)cc1Cl. The molecule has 3 rings (SSSR count). The Morgan fingerprint density at radius 1 is 1.21 bits per heavy atom. The topological polar surface area (TPSA) is 29.3 Å². The number of anilines is 2. The van der Waals surface area contributed by atoms with E-state index in [2.05, 4.69) is 4.90 Å². The van der Waals surface area contributed by atoms with Crippen LogP contribution in [0.5, 0.6) is 0 Å². The van der Waals surface area contributed by atoms with Gasteiger partial charge in [0.1, 0.15) is 5.82 Å². The molecule has 0 fully saturated rings. The van der Waals surface area contributed by atoms with Crippen LogP contribution < -0.4 is 10.6 Å². The molecule has 0 aromatic heterocycles. The highest BCUT2D eigenvalue weighted by Gasteiger charge is 2.19. The zero-order valence-electron chi connectivity index (χ0n) is 10.4. The number of rotatable bonds is 2. The quantitative estimate of drug-likeness (QED) is 0.849. The Morgan fingerprint density at radius 3 is 2.84 bits per heavy atom. The minimum absolute atomic E-state index is 0.302. The smallest absolute Gasteiger partial charge is 0.124 e. The molecule has 0 aliphatic carbocycles. The van der Waals surface area contributed by atoms with Crippen molar-refractivity contribution in [1.82, 2.24) is 0 Å². The number of halogens is 2. The maximum absolute atomic E-state index is 13.0. The van der Waals surface area contributed by atoms with Crippen LogP contribution in [0.25, 0.3) is 0 Å². The van der Waals surface area contributed by atoms with Crippen molar-refractivity contribution in [3.8, 4) is 0 Å². The third kappa shape index (κ3) is 2.38. The van der Waals surface area contributed by atoms with Gasteiger partial charge in [0.05, 0.1) is 0 Å². The Kier molecular flexibility index (Phi) is 3.07. The second-order valence-electron chi connectivity index (χ2n) is 4.80. The second-order valence-corrected chi connectivity index (χ2v) is 5.20. The van der Waals surface area contributed by atoms with Crippen molar-refractivity contribution in [3.63, 3.8) is 0 Å². The maximum atomic E-state index is 13.0. The summed E-state index contributed by atoms with van der Waals surface area (Å²) in [6, 6.07) is 10.5. The molecule has 0 bridgehead atoms. The summed E-state index contributed by atoms with van der Waals surface area (Å²) in [5, 5.41) is 0.476. The molecule has 0 spiro atoms. The zero-order chi connectivity index (χ0) is 13.4. The summed E-state index contributed by atoms with van der Waals surface area (Å²) in [7, 11) is 0. The minimum Gasteiger partial charge on any atom is -0.399 e. The molecule has 1 aliphatic rings. The van der Waals surface area contributed by atoms with Gasteiger partial charge in [-0.2, -0.15) is 0 Å². The van der Waals surface area contributed by atoms with Crippen LogP contribution in [-0.2, 0) is 13.0 Å². The highest BCUT2D eigenvalue weighted by molar-refractivity contribution is 6.31. The number of nitrogens with two attached hydrogens (primary N) is 1. The van der Waals surface area contributed by atoms with Crippen molar-refractivity contribution >= 4 is 23.0 Å². The lowest BCUT2D eigenvalue weighted by molar-refractivity contribution is 0.627. The molecule has 0 unspecified atom stereocenters. The molecule has 1 heterocycles. The lowest BCUT2D eigenvalue weighted by atomic mass is 10.1. The summed E-state index contributed by atoms with van der Waals surface area (Å²) in [5.41, 5.74) is 9.97. The molecule has 0 amide bonds. The molecule has 0 atom stereocenters. The third-order valence-electron chi connectivity index (χ3n) is 3.47. The standard InChI is InChI=1S/C15H14ClFN2/c16-14-8-12(17)2-1-11(14)9-19-6-5-10-7-13(18)3-4-15(10)19/h1-4,7-8H,5-6,9,18H2. The largest absolute Gasteiger partial charge is 0.399 e. The van der Waals surface area contributed by atoms with Gasteiger partial charge in [-0.3, -0.25) is 0 Å². The van der Waals surface area contributed by atoms with Crippen LogP contribution in [0.4, 0.5) is 15.8 Å². The second kappa shape index (κ2) is 4.74. The molecule has 2 N–H and O–H groups in total. The molecule has 4 heteroatoms. The highest BCUT2D eigenvalue weighted by Crippen LogP contribution is 2.32. The van der Waals surface area contributed by atoms with Crippen LogP contribution in [0.2, 0.25) is 5.02 Å².